The SMILES string of the molecule is CC(C)C(=O)NCc1ccc2c(c1)CCN2C. The van der Waals surface area contributed by atoms with Crippen molar-refractivity contribution in [3.05, 3.63) is 29.3 Å². The molecule has 0 radical (unpaired) electrons. The maximum Gasteiger partial charge on any atom is 0.222 e. The van der Waals surface area contributed by atoms with Crippen LogP contribution in [-0.4, -0.2) is 19.5 Å². The van der Waals surface area contributed by atoms with Crippen LogP contribution in [0.5, 0.6) is 0 Å². The molecule has 0 atom stereocenters. The van der Waals surface area contributed by atoms with E-state index in [1.165, 1.54) is 16.8 Å². The van der Waals surface area contributed by atoms with Crippen LogP contribution in [0.25, 0.3) is 0 Å². The average Bonchev–Trinajstić information content (AvgIpc) is 2.67. The van der Waals surface area contributed by atoms with Gasteiger partial charge in [0.2, 0.25) is 5.91 Å². The van der Waals surface area contributed by atoms with Crippen LogP contribution in [0.4, 0.5) is 5.69 Å². The van der Waals surface area contributed by atoms with Gasteiger partial charge in [0.05, 0.1) is 0 Å². The first-order valence-electron chi connectivity index (χ1n) is 6.18. The summed E-state index contributed by atoms with van der Waals surface area (Å²) in [6.45, 7) is 5.55. The Hall–Kier alpha value is -1.51. The van der Waals surface area contributed by atoms with Crippen molar-refractivity contribution in [2.24, 2.45) is 5.92 Å². The lowest BCUT2D eigenvalue weighted by molar-refractivity contribution is -0.124. The van der Waals surface area contributed by atoms with Crippen molar-refractivity contribution in [3.8, 4) is 0 Å². The first-order chi connectivity index (χ1) is 8.08. The van der Waals surface area contributed by atoms with Crippen molar-refractivity contribution in [3.63, 3.8) is 0 Å². The summed E-state index contributed by atoms with van der Waals surface area (Å²) < 4.78 is 0. The normalized spacial score (nSPS) is 14.0. The first-order valence-corrected chi connectivity index (χ1v) is 6.18. The highest BCUT2D eigenvalue weighted by molar-refractivity contribution is 5.77. The van der Waals surface area contributed by atoms with E-state index in [-0.39, 0.29) is 11.8 Å². The average molecular weight is 232 g/mol. The maximum absolute atomic E-state index is 11.5. The lowest BCUT2D eigenvalue weighted by atomic mass is 10.1. The Balaban J connectivity index is 2.02. The molecule has 1 aliphatic heterocycles. The van der Waals surface area contributed by atoms with Crippen LogP contribution < -0.4 is 10.2 Å². The molecule has 0 spiro atoms. The third-order valence-corrected chi connectivity index (χ3v) is 3.26. The number of carbonyl (C=O) groups is 1. The van der Waals surface area contributed by atoms with Gasteiger partial charge in [-0.15, -0.1) is 0 Å². The number of rotatable bonds is 3. The van der Waals surface area contributed by atoms with Crippen LogP contribution in [0.1, 0.15) is 25.0 Å². The Labute approximate surface area is 103 Å². The molecule has 0 unspecified atom stereocenters. The number of hydrogen-bond acceptors (Lipinski definition) is 2. The van der Waals surface area contributed by atoms with Gasteiger partial charge in [0.1, 0.15) is 0 Å². The van der Waals surface area contributed by atoms with Crippen LogP contribution in [0, 0.1) is 5.92 Å². The van der Waals surface area contributed by atoms with Gasteiger partial charge >= 0.3 is 0 Å². The Kier molecular flexibility index (Phi) is 3.36. The number of amides is 1. The molecule has 92 valence electrons. The summed E-state index contributed by atoms with van der Waals surface area (Å²) in [5, 5.41) is 2.95. The molecule has 1 aliphatic rings. The molecule has 1 heterocycles. The van der Waals surface area contributed by atoms with E-state index < -0.39 is 0 Å². The second kappa shape index (κ2) is 4.78. The molecule has 0 aromatic heterocycles. The van der Waals surface area contributed by atoms with Gasteiger partial charge in [-0.3, -0.25) is 4.79 Å². The molecule has 0 saturated carbocycles. The molecule has 17 heavy (non-hydrogen) atoms. The van der Waals surface area contributed by atoms with Crippen molar-refractivity contribution in [1.82, 2.24) is 5.32 Å². The van der Waals surface area contributed by atoms with Crippen LogP contribution in [0.2, 0.25) is 0 Å². The Morgan fingerprint density at radius 3 is 2.94 bits per heavy atom. The van der Waals surface area contributed by atoms with Crippen LogP contribution >= 0.6 is 0 Å². The van der Waals surface area contributed by atoms with E-state index in [4.69, 9.17) is 0 Å². The topological polar surface area (TPSA) is 32.3 Å². The van der Waals surface area contributed by atoms with Crippen molar-refractivity contribution in [2.75, 3.05) is 18.5 Å². The fourth-order valence-electron chi connectivity index (χ4n) is 2.12. The van der Waals surface area contributed by atoms with Gasteiger partial charge in [0.25, 0.3) is 0 Å². The molecule has 0 saturated heterocycles. The van der Waals surface area contributed by atoms with E-state index in [2.05, 4.69) is 35.5 Å². The largest absolute Gasteiger partial charge is 0.374 e. The van der Waals surface area contributed by atoms with Crippen LogP contribution in [0.15, 0.2) is 18.2 Å². The number of nitrogens with one attached hydrogen (secondary N) is 1. The van der Waals surface area contributed by atoms with Crippen molar-refractivity contribution in [2.45, 2.75) is 26.8 Å². The van der Waals surface area contributed by atoms with Crippen molar-refractivity contribution < 1.29 is 4.79 Å². The fraction of sp³-hybridized carbons (Fsp3) is 0.500. The number of likely N-dealkylation sites (N-methyl/N-ethyl adjacent to an activating group) is 1. The minimum absolute atomic E-state index is 0.0514. The number of anilines is 1. The van der Waals surface area contributed by atoms with E-state index in [1.807, 2.05) is 13.8 Å². The molecule has 0 fully saturated rings. The van der Waals surface area contributed by atoms with Gasteiger partial charge in [-0.1, -0.05) is 26.0 Å². The molecular weight excluding hydrogens is 212 g/mol. The number of benzene rings is 1. The Morgan fingerprint density at radius 1 is 1.47 bits per heavy atom. The minimum Gasteiger partial charge on any atom is -0.374 e. The second-order valence-electron chi connectivity index (χ2n) is 5.01. The van der Waals surface area contributed by atoms with Gasteiger partial charge in [-0.2, -0.15) is 0 Å². The summed E-state index contributed by atoms with van der Waals surface area (Å²) in [6, 6.07) is 6.46. The third-order valence-electron chi connectivity index (χ3n) is 3.26. The van der Waals surface area contributed by atoms with Crippen molar-refractivity contribution >= 4 is 11.6 Å². The quantitative estimate of drug-likeness (QED) is 0.864. The zero-order valence-corrected chi connectivity index (χ0v) is 10.8. The van der Waals surface area contributed by atoms with Gasteiger partial charge < -0.3 is 10.2 Å². The zero-order valence-electron chi connectivity index (χ0n) is 10.8. The van der Waals surface area contributed by atoms with E-state index in [9.17, 15) is 4.79 Å². The summed E-state index contributed by atoms with van der Waals surface area (Å²) in [7, 11) is 2.12. The van der Waals surface area contributed by atoms with E-state index in [0.717, 1.165) is 13.0 Å². The maximum atomic E-state index is 11.5. The van der Waals surface area contributed by atoms with Gasteiger partial charge in [0, 0.05) is 31.7 Å². The Bertz CT molecular complexity index is 426. The lowest BCUT2D eigenvalue weighted by Crippen LogP contribution is -2.27. The highest BCUT2D eigenvalue weighted by atomic mass is 16.1. The molecule has 0 aliphatic carbocycles. The Morgan fingerprint density at radius 2 is 2.24 bits per heavy atom. The monoisotopic (exact) mass is 232 g/mol. The highest BCUT2D eigenvalue weighted by Gasteiger charge is 2.15. The smallest absolute Gasteiger partial charge is 0.222 e. The second-order valence-corrected chi connectivity index (χ2v) is 5.01. The predicted molar refractivity (Wildman–Crippen MR) is 70.1 cm³/mol. The van der Waals surface area contributed by atoms with Gasteiger partial charge in [-0.25, -0.2) is 0 Å². The molecule has 1 N–H and O–H groups in total. The molecule has 3 heteroatoms. The molecular formula is C14H20N2O. The van der Waals surface area contributed by atoms with Gasteiger partial charge in [-0.05, 0) is 23.6 Å². The standard InChI is InChI=1S/C14H20N2O/c1-10(2)14(17)15-9-11-4-5-13-12(8-11)6-7-16(13)3/h4-5,8,10H,6-7,9H2,1-3H3,(H,15,17). The third kappa shape index (κ3) is 2.60. The zero-order chi connectivity index (χ0) is 12.4. The van der Waals surface area contributed by atoms with Crippen molar-refractivity contribution in [1.29, 1.82) is 0 Å². The molecule has 1 aromatic carbocycles. The summed E-state index contributed by atoms with van der Waals surface area (Å²) >= 11 is 0. The molecule has 0 bridgehead atoms. The van der Waals surface area contributed by atoms with Gasteiger partial charge in [0.15, 0.2) is 0 Å². The minimum atomic E-state index is 0.0514. The molecule has 2 rings (SSSR count). The number of fused-ring (bicyclic) bond motifs is 1. The number of carbonyl (C=O) groups excluding carboxylic acids is 1. The number of nitrogens with zero attached hydrogens (tertiary/aromatic N) is 1. The van der Waals surface area contributed by atoms with E-state index in [1.54, 1.807) is 0 Å². The van der Waals surface area contributed by atoms with Crippen LogP contribution in [0.3, 0.4) is 0 Å². The first kappa shape index (κ1) is 12.0. The lowest BCUT2D eigenvalue weighted by Gasteiger charge is -2.13. The summed E-state index contributed by atoms with van der Waals surface area (Å²) in [4.78, 5) is 13.8. The summed E-state index contributed by atoms with van der Waals surface area (Å²) in [6.07, 6.45) is 1.11. The molecule has 1 aromatic rings. The predicted octanol–water partition coefficient (Wildman–Crippen LogP) is 1.95. The van der Waals surface area contributed by atoms with Crippen LogP contribution in [-0.2, 0) is 17.8 Å². The van der Waals surface area contributed by atoms with E-state index in [0.29, 0.717) is 6.54 Å². The molecule has 1 amide bonds. The summed E-state index contributed by atoms with van der Waals surface area (Å²) in [5.41, 5.74) is 3.90. The highest BCUT2D eigenvalue weighted by Crippen LogP contribution is 2.27. The summed E-state index contributed by atoms with van der Waals surface area (Å²) in [5.74, 6) is 0.165. The van der Waals surface area contributed by atoms with E-state index >= 15 is 0 Å². The fourth-order valence-corrected chi connectivity index (χ4v) is 2.12. The number of hydrogen-bond donors (Lipinski definition) is 1. The molecule has 3 nitrogen and oxygen atoms in total.